The second-order valence-electron chi connectivity index (χ2n) is 5.43. The molecule has 0 aliphatic rings. The van der Waals surface area contributed by atoms with Crippen LogP contribution in [0.5, 0.6) is 5.75 Å². The van der Waals surface area contributed by atoms with Crippen LogP contribution in [0.1, 0.15) is 22.7 Å². The molecule has 0 amide bonds. The standard InChI is InChI=1S/C20H18N2O2S/c21-13-17-6-8-19(9-7-17)23-10-11-25-15-18-14-24-20(22-18)12-16-4-2-1-3-5-16/h1-9,14H,10-12,15H2. The summed E-state index contributed by atoms with van der Waals surface area (Å²) in [6.45, 7) is 0.616. The van der Waals surface area contributed by atoms with Gasteiger partial charge in [0.1, 0.15) is 12.0 Å². The molecule has 1 heterocycles. The van der Waals surface area contributed by atoms with Crippen molar-refractivity contribution >= 4 is 11.8 Å². The van der Waals surface area contributed by atoms with Crippen molar-refractivity contribution in [1.82, 2.24) is 4.98 Å². The third-order valence-corrected chi connectivity index (χ3v) is 4.48. The van der Waals surface area contributed by atoms with E-state index in [0.717, 1.165) is 28.8 Å². The lowest BCUT2D eigenvalue weighted by molar-refractivity contribution is 0.344. The molecule has 0 aliphatic carbocycles. The molecule has 0 unspecified atom stereocenters. The minimum Gasteiger partial charge on any atom is -0.493 e. The van der Waals surface area contributed by atoms with Gasteiger partial charge in [0.05, 0.1) is 23.9 Å². The summed E-state index contributed by atoms with van der Waals surface area (Å²) in [4.78, 5) is 4.52. The van der Waals surface area contributed by atoms with Gasteiger partial charge in [0.2, 0.25) is 0 Å². The van der Waals surface area contributed by atoms with Crippen LogP contribution in [-0.2, 0) is 12.2 Å². The molecule has 0 atom stereocenters. The summed E-state index contributed by atoms with van der Waals surface area (Å²) in [5, 5.41) is 8.76. The molecule has 0 radical (unpaired) electrons. The highest BCUT2D eigenvalue weighted by Gasteiger charge is 2.05. The number of hydrogen-bond donors (Lipinski definition) is 0. The third-order valence-electron chi connectivity index (χ3n) is 3.53. The molecule has 1 aromatic heterocycles. The number of hydrogen-bond acceptors (Lipinski definition) is 5. The fraction of sp³-hybridized carbons (Fsp3) is 0.200. The zero-order valence-electron chi connectivity index (χ0n) is 13.7. The molecule has 0 bridgehead atoms. The number of benzene rings is 2. The smallest absolute Gasteiger partial charge is 0.198 e. The molecule has 0 saturated carbocycles. The normalized spacial score (nSPS) is 10.4. The van der Waals surface area contributed by atoms with E-state index in [9.17, 15) is 0 Å². The largest absolute Gasteiger partial charge is 0.493 e. The minimum atomic E-state index is 0.616. The van der Waals surface area contributed by atoms with E-state index in [1.54, 1.807) is 30.2 Å². The Hall–Kier alpha value is -2.71. The summed E-state index contributed by atoms with van der Waals surface area (Å²) < 4.78 is 11.2. The van der Waals surface area contributed by atoms with Gasteiger partial charge in [-0.1, -0.05) is 30.3 Å². The van der Waals surface area contributed by atoms with Gasteiger partial charge in [0, 0.05) is 17.9 Å². The third kappa shape index (κ3) is 5.40. The molecule has 0 spiro atoms. The lowest BCUT2D eigenvalue weighted by atomic mass is 10.1. The van der Waals surface area contributed by atoms with Crippen molar-refractivity contribution in [3.05, 3.63) is 83.6 Å². The Morgan fingerprint density at radius 2 is 1.88 bits per heavy atom. The Labute approximate surface area is 151 Å². The Morgan fingerprint density at radius 3 is 2.64 bits per heavy atom. The van der Waals surface area contributed by atoms with E-state index >= 15 is 0 Å². The Kier molecular flexibility index (Phi) is 6.13. The number of thioether (sulfide) groups is 1. The summed E-state index contributed by atoms with van der Waals surface area (Å²) in [5.41, 5.74) is 2.78. The predicted octanol–water partition coefficient (Wildman–Crippen LogP) is 4.45. The number of oxazole rings is 1. The van der Waals surface area contributed by atoms with Crippen molar-refractivity contribution in [2.45, 2.75) is 12.2 Å². The van der Waals surface area contributed by atoms with Crippen LogP contribution in [0.25, 0.3) is 0 Å². The molecule has 0 aliphatic heterocycles. The zero-order chi connectivity index (χ0) is 17.3. The van der Waals surface area contributed by atoms with E-state index in [0.29, 0.717) is 18.6 Å². The quantitative estimate of drug-likeness (QED) is 0.562. The molecule has 5 heteroatoms. The molecule has 3 aromatic rings. The minimum absolute atomic E-state index is 0.616. The average Bonchev–Trinajstić information content (AvgIpc) is 3.10. The van der Waals surface area contributed by atoms with Crippen LogP contribution in [0, 0.1) is 11.3 Å². The van der Waals surface area contributed by atoms with Crippen LogP contribution in [-0.4, -0.2) is 17.3 Å². The van der Waals surface area contributed by atoms with Gasteiger partial charge >= 0.3 is 0 Å². The summed E-state index contributed by atoms with van der Waals surface area (Å²) in [5.74, 6) is 3.19. The monoisotopic (exact) mass is 350 g/mol. The first-order chi connectivity index (χ1) is 12.3. The van der Waals surface area contributed by atoms with Crippen molar-refractivity contribution in [3.8, 4) is 11.8 Å². The molecule has 3 rings (SSSR count). The maximum absolute atomic E-state index is 8.76. The lowest BCUT2D eigenvalue weighted by Gasteiger charge is -2.05. The van der Waals surface area contributed by atoms with Gasteiger partial charge in [-0.25, -0.2) is 4.98 Å². The van der Waals surface area contributed by atoms with Crippen LogP contribution < -0.4 is 4.74 Å². The molecular weight excluding hydrogens is 332 g/mol. The van der Waals surface area contributed by atoms with Crippen molar-refractivity contribution in [2.24, 2.45) is 0 Å². The Bertz CT molecular complexity index is 823. The second kappa shape index (κ2) is 8.95. The van der Waals surface area contributed by atoms with Gasteiger partial charge in [0.25, 0.3) is 0 Å². The van der Waals surface area contributed by atoms with E-state index in [1.807, 2.05) is 30.3 Å². The number of nitriles is 1. The van der Waals surface area contributed by atoms with Gasteiger partial charge in [-0.05, 0) is 29.8 Å². The van der Waals surface area contributed by atoms with Gasteiger partial charge < -0.3 is 9.15 Å². The van der Waals surface area contributed by atoms with Crippen LogP contribution in [0.15, 0.2) is 65.3 Å². The summed E-state index contributed by atoms with van der Waals surface area (Å²) in [7, 11) is 0. The first kappa shape index (κ1) is 17.1. The highest BCUT2D eigenvalue weighted by Crippen LogP contribution is 2.16. The van der Waals surface area contributed by atoms with Crippen LogP contribution in [0.2, 0.25) is 0 Å². The molecule has 0 saturated heterocycles. The maximum Gasteiger partial charge on any atom is 0.198 e. The summed E-state index contributed by atoms with van der Waals surface area (Å²) in [6.07, 6.45) is 2.44. The van der Waals surface area contributed by atoms with Crippen LogP contribution in [0.3, 0.4) is 0 Å². The van der Waals surface area contributed by atoms with E-state index in [1.165, 1.54) is 5.56 Å². The van der Waals surface area contributed by atoms with E-state index in [2.05, 4.69) is 23.2 Å². The van der Waals surface area contributed by atoms with E-state index < -0.39 is 0 Å². The SMILES string of the molecule is N#Cc1ccc(OCCSCc2coc(Cc3ccccc3)n2)cc1. The molecule has 4 nitrogen and oxygen atoms in total. The molecule has 0 fully saturated rings. The summed E-state index contributed by atoms with van der Waals surface area (Å²) in [6, 6.07) is 19.4. The topological polar surface area (TPSA) is 59.0 Å². The van der Waals surface area contributed by atoms with E-state index in [4.69, 9.17) is 14.4 Å². The van der Waals surface area contributed by atoms with Crippen molar-refractivity contribution in [3.63, 3.8) is 0 Å². The number of aromatic nitrogens is 1. The molecule has 126 valence electrons. The highest BCUT2D eigenvalue weighted by atomic mass is 32.2. The maximum atomic E-state index is 8.76. The van der Waals surface area contributed by atoms with Gasteiger partial charge in [-0.3, -0.25) is 0 Å². The molecule has 0 N–H and O–H groups in total. The average molecular weight is 350 g/mol. The van der Waals surface area contributed by atoms with Crippen molar-refractivity contribution in [2.75, 3.05) is 12.4 Å². The highest BCUT2D eigenvalue weighted by molar-refractivity contribution is 7.98. The first-order valence-corrected chi connectivity index (χ1v) is 9.17. The molecular formula is C20H18N2O2S. The van der Waals surface area contributed by atoms with Gasteiger partial charge in [0.15, 0.2) is 5.89 Å². The fourth-order valence-corrected chi connectivity index (χ4v) is 2.98. The van der Waals surface area contributed by atoms with Crippen LogP contribution in [0.4, 0.5) is 0 Å². The van der Waals surface area contributed by atoms with Gasteiger partial charge in [-0.15, -0.1) is 0 Å². The first-order valence-electron chi connectivity index (χ1n) is 8.01. The molecule has 25 heavy (non-hydrogen) atoms. The predicted molar refractivity (Wildman–Crippen MR) is 98.6 cm³/mol. The van der Waals surface area contributed by atoms with Gasteiger partial charge in [-0.2, -0.15) is 17.0 Å². The summed E-state index contributed by atoms with van der Waals surface area (Å²) >= 11 is 1.75. The van der Waals surface area contributed by atoms with E-state index in [-0.39, 0.29) is 0 Å². The number of ether oxygens (including phenoxy) is 1. The van der Waals surface area contributed by atoms with Crippen LogP contribution >= 0.6 is 11.8 Å². The number of nitrogens with zero attached hydrogens (tertiary/aromatic N) is 2. The molecule has 2 aromatic carbocycles. The van der Waals surface area contributed by atoms with Crippen molar-refractivity contribution in [1.29, 1.82) is 5.26 Å². The Balaban J connectivity index is 1.37. The van der Waals surface area contributed by atoms with Crippen molar-refractivity contribution < 1.29 is 9.15 Å². The second-order valence-corrected chi connectivity index (χ2v) is 6.54. The Morgan fingerprint density at radius 1 is 1.08 bits per heavy atom. The zero-order valence-corrected chi connectivity index (χ0v) is 14.5. The number of rotatable bonds is 8. The lowest BCUT2D eigenvalue weighted by Crippen LogP contribution is -2.00. The fourth-order valence-electron chi connectivity index (χ4n) is 2.29.